The standard InChI is InChI=1S/C21H23N3O2/c22-12-16-18(24-9-7-21(5-6-21)8-10-24)15-11-14(19(25)13-1-2-13)3-4-17(15)23-20(16)26/h3-4,11,13,19,25H,1-2,5-10H2,(H,23,26). The Kier molecular flexibility index (Phi) is 3.42. The van der Waals surface area contributed by atoms with Crippen molar-refractivity contribution in [2.45, 2.75) is 44.6 Å². The van der Waals surface area contributed by atoms with Gasteiger partial charge in [-0.1, -0.05) is 6.07 Å². The lowest BCUT2D eigenvalue weighted by Crippen LogP contribution is -2.36. The summed E-state index contributed by atoms with van der Waals surface area (Å²) in [5.41, 5.74) is 2.79. The second-order valence-corrected chi connectivity index (χ2v) is 8.36. The molecule has 3 fully saturated rings. The average molecular weight is 349 g/mol. The number of aliphatic hydroxyl groups excluding tert-OH is 1. The number of piperidine rings is 1. The Bertz CT molecular complexity index is 969. The summed E-state index contributed by atoms with van der Waals surface area (Å²) in [5.74, 6) is 0.346. The normalized spacial score (nSPS) is 22.4. The van der Waals surface area contributed by atoms with Crippen molar-refractivity contribution in [3.8, 4) is 6.07 Å². The molecule has 2 N–H and O–H groups in total. The number of fused-ring (bicyclic) bond motifs is 1. The molecule has 5 nitrogen and oxygen atoms in total. The van der Waals surface area contributed by atoms with Crippen LogP contribution in [0, 0.1) is 22.7 Å². The van der Waals surface area contributed by atoms with Gasteiger partial charge in [0.05, 0.1) is 17.3 Å². The zero-order valence-electron chi connectivity index (χ0n) is 14.8. The molecule has 1 unspecified atom stereocenters. The maximum absolute atomic E-state index is 12.5. The van der Waals surface area contributed by atoms with Gasteiger partial charge >= 0.3 is 0 Å². The second kappa shape index (κ2) is 5.59. The van der Waals surface area contributed by atoms with Gasteiger partial charge in [0, 0.05) is 18.5 Å². The fourth-order valence-corrected chi connectivity index (χ4v) is 4.48. The zero-order valence-corrected chi connectivity index (χ0v) is 14.8. The van der Waals surface area contributed by atoms with Crippen LogP contribution in [0.5, 0.6) is 0 Å². The molecule has 134 valence electrons. The quantitative estimate of drug-likeness (QED) is 0.891. The molecule has 0 amide bonds. The van der Waals surface area contributed by atoms with E-state index >= 15 is 0 Å². The number of anilines is 1. The van der Waals surface area contributed by atoms with Crippen molar-refractivity contribution in [2.75, 3.05) is 18.0 Å². The third-order valence-electron chi connectivity index (χ3n) is 6.63. The summed E-state index contributed by atoms with van der Waals surface area (Å²) in [6, 6.07) is 7.87. The SMILES string of the molecule is N#Cc1c(N2CCC3(CC2)CC3)c2cc(C(O)C3CC3)ccc2[nH]c1=O. The van der Waals surface area contributed by atoms with Crippen LogP contribution in [0.4, 0.5) is 5.69 Å². The number of hydrogen-bond donors (Lipinski definition) is 2. The summed E-state index contributed by atoms with van der Waals surface area (Å²) in [6.45, 7) is 1.78. The Morgan fingerprint density at radius 2 is 1.96 bits per heavy atom. The number of rotatable bonds is 3. The maximum atomic E-state index is 12.5. The fourth-order valence-electron chi connectivity index (χ4n) is 4.48. The first-order chi connectivity index (χ1) is 12.6. The number of nitriles is 1. The van der Waals surface area contributed by atoms with Gasteiger partial charge in [-0.3, -0.25) is 4.79 Å². The van der Waals surface area contributed by atoms with Crippen LogP contribution in [0.3, 0.4) is 0 Å². The van der Waals surface area contributed by atoms with E-state index in [-0.39, 0.29) is 11.1 Å². The Morgan fingerprint density at radius 1 is 1.23 bits per heavy atom. The molecule has 5 rings (SSSR count). The summed E-state index contributed by atoms with van der Waals surface area (Å²) in [4.78, 5) is 17.5. The number of hydrogen-bond acceptors (Lipinski definition) is 4. The number of H-pyrrole nitrogens is 1. The van der Waals surface area contributed by atoms with Crippen molar-refractivity contribution in [3.63, 3.8) is 0 Å². The van der Waals surface area contributed by atoms with Gasteiger partial charge in [-0.2, -0.15) is 5.26 Å². The van der Waals surface area contributed by atoms with Gasteiger partial charge in [0.25, 0.3) is 5.56 Å². The number of nitrogens with one attached hydrogen (secondary N) is 1. The number of aliphatic hydroxyl groups is 1. The molecule has 0 bridgehead atoms. The Labute approximate surface area is 152 Å². The molecule has 1 atom stereocenters. The lowest BCUT2D eigenvalue weighted by Gasteiger charge is -2.35. The highest BCUT2D eigenvalue weighted by Crippen LogP contribution is 2.54. The van der Waals surface area contributed by atoms with E-state index in [2.05, 4.69) is 16.0 Å². The third kappa shape index (κ3) is 2.52. The lowest BCUT2D eigenvalue weighted by atomic mass is 9.92. The van der Waals surface area contributed by atoms with Crippen LogP contribution in [0.1, 0.15) is 55.8 Å². The van der Waals surface area contributed by atoms with Crippen LogP contribution < -0.4 is 10.5 Å². The molecule has 3 aliphatic rings. The van der Waals surface area contributed by atoms with Gasteiger partial charge in [0.2, 0.25) is 0 Å². The molecular formula is C21H23N3O2. The Hall–Kier alpha value is -2.32. The van der Waals surface area contributed by atoms with Crippen molar-refractivity contribution in [2.24, 2.45) is 11.3 Å². The summed E-state index contributed by atoms with van der Waals surface area (Å²) in [7, 11) is 0. The van der Waals surface area contributed by atoms with Crippen molar-refractivity contribution in [1.29, 1.82) is 5.26 Å². The van der Waals surface area contributed by atoms with Crippen LogP contribution >= 0.6 is 0 Å². The number of pyridine rings is 1. The largest absolute Gasteiger partial charge is 0.388 e. The first kappa shape index (κ1) is 15.9. The van der Waals surface area contributed by atoms with Crippen LogP contribution in [-0.2, 0) is 0 Å². The van der Waals surface area contributed by atoms with E-state index in [9.17, 15) is 15.2 Å². The molecule has 2 aromatic rings. The van der Waals surface area contributed by atoms with Crippen molar-refractivity contribution >= 4 is 16.6 Å². The minimum atomic E-state index is -0.458. The topological polar surface area (TPSA) is 80.1 Å². The molecule has 1 saturated heterocycles. The van der Waals surface area contributed by atoms with E-state index in [1.165, 1.54) is 12.8 Å². The van der Waals surface area contributed by atoms with Gasteiger partial charge in [-0.15, -0.1) is 0 Å². The summed E-state index contributed by atoms with van der Waals surface area (Å²) >= 11 is 0. The smallest absolute Gasteiger partial charge is 0.268 e. The van der Waals surface area contributed by atoms with E-state index in [0.717, 1.165) is 60.9 Å². The van der Waals surface area contributed by atoms with E-state index in [1.807, 2.05) is 18.2 Å². The molecule has 0 radical (unpaired) electrons. The average Bonchev–Trinajstić information content (AvgIpc) is 3.57. The summed E-state index contributed by atoms with van der Waals surface area (Å²) in [5, 5.41) is 21.0. The Balaban J connectivity index is 1.63. The van der Waals surface area contributed by atoms with E-state index in [0.29, 0.717) is 11.3 Å². The maximum Gasteiger partial charge on any atom is 0.268 e. The highest BCUT2D eigenvalue weighted by molar-refractivity contribution is 5.95. The molecule has 1 aromatic heterocycles. The van der Waals surface area contributed by atoms with Gasteiger partial charge in [0.15, 0.2) is 0 Å². The van der Waals surface area contributed by atoms with E-state index in [1.54, 1.807) is 0 Å². The minimum absolute atomic E-state index is 0.197. The predicted octanol–water partition coefficient (Wildman–Crippen LogP) is 3.22. The second-order valence-electron chi connectivity index (χ2n) is 8.36. The fraction of sp³-hybridized carbons (Fsp3) is 0.524. The van der Waals surface area contributed by atoms with Crippen LogP contribution in [0.2, 0.25) is 0 Å². The van der Waals surface area contributed by atoms with Gasteiger partial charge in [0.1, 0.15) is 11.6 Å². The van der Waals surface area contributed by atoms with E-state index < -0.39 is 6.10 Å². The van der Waals surface area contributed by atoms with Crippen LogP contribution in [-0.4, -0.2) is 23.2 Å². The number of nitrogens with zero attached hydrogens (tertiary/aromatic N) is 2. The summed E-state index contributed by atoms with van der Waals surface area (Å²) < 4.78 is 0. The molecule has 2 saturated carbocycles. The highest BCUT2D eigenvalue weighted by atomic mass is 16.3. The molecule has 1 spiro atoms. The summed E-state index contributed by atoms with van der Waals surface area (Å²) in [6.07, 6.45) is 6.58. The Morgan fingerprint density at radius 3 is 2.58 bits per heavy atom. The van der Waals surface area contributed by atoms with Gasteiger partial charge < -0.3 is 15.0 Å². The lowest BCUT2D eigenvalue weighted by molar-refractivity contribution is 0.154. The van der Waals surface area contributed by atoms with Crippen molar-refractivity contribution in [1.82, 2.24) is 4.98 Å². The molecule has 26 heavy (non-hydrogen) atoms. The minimum Gasteiger partial charge on any atom is -0.388 e. The third-order valence-corrected chi connectivity index (χ3v) is 6.63. The zero-order chi connectivity index (χ0) is 17.9. The molecule has 5 heteroatoms. The van der Waals surface area contributed by atoms with Gasteiger partial charge in [-0.25, -0.2) is 0 Å². The monoisotopic (exact) mass is 349 g/mol. The first-order valence-corrected chi connectivity index (χ1v) is 9.63. The highest BCUT2D eigenvalue weighted by Gasteiger charge is 2.44. The van der Waals surface area contributed by atoms with Crippen LogP contribution in [0.25, 0.3) is 10.9 Å². The molecule has 1 aliphatic heterocycles. The number of benzene rings is 1. The molecule has 2 aliphatic carbocycles. The van der Waals surface area contributed by atoms with Crippen molar-refractivity contribution < 1.29 is 5.11 Å². The van der Waals surface area contributed by atoms with Crippen molar-refractivity contribution in [3.05, 3.63) is 39.7 Å². The number of aromatic nitrogens is 1. The van der Waals surface area contributed by atoms with Gasteiger partial charge in [-0.05, 0) is 67.6 Å². The number of aromatic amines is 1. The molecule has 1 aromatic carbocycles. The van der Waals surface area contributed by atoms with Crippen LogP contribution in [0.15, 0.2) is 23.0 Å². The molecule has 2 heterocycles. The predicted molar refractivity (Wildman–Crippen MR) is 100 cm³/mol. The first-order valence-electron chi connectivity index (χ1n) is 9.63. The van der Waals surface area contributed by atoms with E-state index in [4.69, 9.17) is 0 Å². The molecular weight excluding hydrogens is 326 g/mol.